The molecule has 5 aromatic carbocycles. The van der Waals surface area contributed by atoms with Crippen molar-refractivity contribution in [1.82, 2.24) is 4.90 Å². The second-order valence-corrected chi connectivity index (χ2v) is 11.2. The van der Waals surface area contributed by atoms with Crippen LogP contribution in [0.4, 0.5) is 0 Å². The topological polar surface area (TPSA) is 68.2 Å². The molecule has 6 rings (SSSR count). The van der Waals surface area contributed by atoms with Gasteiger partial charge in [-0.25, -0.2) is 0 Å². The monoisotopic (exact) mass is 587 g/mol. The molecular formula is C38H37NO5. The van der Waals surface area contributed by atoms with E-state index in [9.17, 15) is 9.90 Å². The molecule has 1 aliphatic heterocycles. The summed E-state index contributed by atoms with van der Waals surface area (Å²) in [5.41, 5.74) is 2.32. The van der Waals surface area contributed by atoms with Crippen LogP contribution in [0.2, 0.25) is 0 Å². The number of nitrogens with zero attached hydrogens (tertiary/aromatic N) is 1. The number of hydrogen-bond donors (Lipinski definition) is 1. The first-order chi connectivity index (χ1) is 21.5. The minimum atomic E-state index is -1.14. The average molecular weight is 588 g/mol. The summed E-state index contributed by atoms with van der Waals surface area (Å²) in [7, 11) is 3.30. The van der Waals surface area contributed by atoms with Crippen LogP contribution in [0.15, 0.2) is 121 Å². The van der Waals surface area contributed by atoms with Crippen LogP contribution >= 0.6 is 0 Å². The molecular weight excluding hydrogens is 550 g/mol. The second kappa shape index (κ2) is 12.9. The Hall–Kier alpha value is -4.65. The van der Waals surface area contributed by atoms with E-state index in [0.29, 0.717) is 17.9 Å². The molecule has 2 unspecified atom stereocenters. The van der Waals surface area contributed by atoms with Crippen LogP contribution in [0, 0.1) is 0 Å². The number of β-amino-alcohol motifs (C(OH)–C–C–N with tert-alkyl or cyclic N) is 1. The maximum atomic E-state index is 13.8. The summed E-state index contributed by atoms with van der Waals surface area (Å²) >= 11 is 0. The lowest BCUT2D eigenvalue weighted by molar-refractivity contribution is -0.133. The van der Waals surface area contributed by atoms with Crippen LogP contribution in [0.25, 0.3) is 10.8 Å². The first-order valence-electron chi connectivity index (χ1n) is 14.9. The van der Waals surface area contributed by atoms with Gasteiger partial charge in [-0.3, -0.25) is 4.79 Å². The van der Waals surface area contributed by atoms with Crippen LogP contribution in [-0.2, 0) is 21.6 Å². The van der Waals surface area contributed by atoms with Gasteiger partial charge in [0.25, 0.3) is 0 Å². The first-order valence-corrected chi connectivity index (χ1v) is 14.9. The number of likely N-dealkylation sites (tertiary alicyclic amines) is 1. The molecule has 6 heteroatoms. The van der Waals surface area contributed by atoms with E-state index in [-0.39, 0.29) is 31.5 Å². The van der Waals surface area contributed by atoms with Crippen LogP contribution in [0.1, 0.15) is 28.7 Å². The van der Waals surface area contributed by atoms with Crippen LogP contribution < -0.4 is 9.47 Å². The van der Waals surface area contributed by atoms with E-state index in [2.05, 4.69) is 18.2 Å². The summed E-state index contributed by atoms with van der Waals surface area (Å²) in [4.78, 5) is 15.5. The molecule has 1 amide bonds. The van der Waals surface area contributed by atoms with Crippen molar-refractivity contribution >= 4 is 16.7 Å². The highest BCUT2D eigenvalue weighted by molar-refractivity contribution is 5.85. The number of benzene rings is 5. The molecule has 5 aromatic rings. The van der Waals surface area contributed by atoms with E-state index in [4.69, 9.17) is 14.2 Å². The van der Waals surface area contributed by atoms with Gasteiger partial charge in [-0.15, -0.1) is 0 Å². The molecule has 1 heterocycles. The number of carbonyl (C=O) groups excluding carboxylic acids is 1. The highest BCUT2D eigenvalue weighted by atomic mass is 16.5. The molecule has 1 saturated heterocycles. The van der Waals surface area contributed by atoms with Crippen molar-refractivity contribution in [2.24, 2.45) is 0 Å². The number of ether oxygens (including phenoxy) is 3. The van der Waals surface area contributed by atoms with Gasteiger partial charge in [0.1, 0.15) is 11.5 Å². The number of hydrogen-bond acceptors (Lipinski definition) is 5. The van der Waals surface area contributed by atoms with E-state index < -0.39 is 11.7 Å². The summed E-state index contributed by atoms with van der Waals surface area (Å²) in [6.45, 7) is 0.452. The predicted octanol–water partition coefficient (Wildman–Crippen LogP) is 6.37. The van der Waals surface area contributed by atoms with E-state index >= 15 is 0 Å². The van der Waals surface area contributed by atoms with Crippen LogP contribution in [-0.4, -0.2) is 55.4 Å². The van der Waals surface area contributed by atoms with Gasteiger partial charge in [0, 0.05) is 17.7 Å². The zero-order chi connectivity index (χ0) is 30.5. The lowest BCUT2D eigenvalue weighted by Gasteiger charge is -2.39. The lowest BCUT2D eigenvalue weighted by Crippen LogP contribution is -2.43. The molecule has 1 fully saturated rings. The number of fused-ring (bicyclic) bond motifs is 1. The number of para-hydroxylation sites is 2. The Labute approximate surface area is 258 Å². The fourth-order valence-corrected chi connectivity index (χ4v) is 6.44. The van der Waals surface area contributed by atoms with Crippen LogP contribution in [0.3, 0.4) is 0 Å². The Morgan fingerprint density at radius 1 is 0.773 bits per heavy atom. The normalized spacial score (nSPS) is 16.7. The van der Waals surface area contributed by atoms with Gasteiger partial charge < -0.3 is 24.2 Å². The van der Waals surface area contributed by atoms with Gasteiger partial charge in [0.05, 0.1) is 39.4 Å². The molecule has 0 saturated carbocycles. The molecule has 0 spiro atoms. The van der Waals surface area contributed by atoms with Gasteiger partial charge >= 0.3 is 0 Å². The number of aliphatic hydroxyl groups excluding tert-OH is 1. The van der Waals surface area contributed by atoms with Crippen molar-refractivity contribution in [1.29, 1.82) is 0 Å². The van der Waals surface area contributed by atoms with Crippen molar-refractivity contribution in [3.8, 4) is 11.5 Å². The molecule has 0 bridgehead atoms. The Bertz CT molecular complexity index is 1690. The third-order valence-corrected chi connectivity index (χ3v) is 8.53. The summed E-state index contributed by atoms with van der Waals surface area (Å²) < 4.78 is 18.9. The van der Waals surface area contributed by atoms with Crippen molar-refractivity contribution in [3.05, 3.63) is 144 Å². The fraction of sp³-hybridized carbons (Fsp3) is 0.237. The smallest absolute Gasteiger partial charge is 0.227 e. The van der Waals surface area contributed by atoms with Gasteiger partial charge in [0.15, 0.2) is 5.60 Å². The predicted molar refractivity (Wildman–Crippen MR) is 172 cm³/mol. The van der Waals surface area contributed by atoms with E-state index in [1.54, 1.807) is 19.1 Å². The minimum absolute atomic E-state index is 0.0367. The SMILES string of the molecule is COc1ccccc1C(OCC1CC(O)CN1C(=O)Cc1ccc2ccccc2c1)(c1ccccc1)c1ccccc1OC. The van der Waals surface area contributed by atoms with Gasteiger partial charge in [-0.2, -0.15) is 0 Å². The Morgan fingerprint density at radius 3 is 2.02 bits per heavy atom. The maximum absolute atomic E-state index is 13.8. The maximum Gasteiger partial charge on any atom is 0.227 e. The largest absolute Gasteiger partial charge is 0.496 e. The lowest BCUT2D eigenvalue weighted by atomic mass is 9.79. The van der Waals surface area contributed by atoms with Crippen LogP contribution in [0.5, 0.6) is 11.5 Å². The molecule has 224 valence electrons. The van der Waals surface area contributed by atoms with Crippen molar-refractivity contribution in [3.63, 3.8) is 0 Å². The average Bonchev–Trinajstić information content (AvgIpc) is 3.46. The summed E-state index contributed by atoms with van der Waals surface area (Å²) in [5.74, 6) is 1.29. The minimum Gasteiger partial charge on any atom is -0.496 e. The molecule has 1 aliphatic rings. The molecule has 0 radical (unpaired) electrons. The first kappa shape index (κ1) is 29.4. The van der Waals surface area contributed by atoms with E-state index in [1.165, 1.54) is 0 Å². The van der Waals surface area contributed by atoms with Gasteiger partial charge in [-0.05, 0) is 40.5 Å². The van der Waals surface area contributed by atoms with Crippen molar-refractivity contribution < 1.29 is 24.1 Å². The third-order valence-electron chi connectivity index (χ3n) is 8.53. The van der Waals surface area contributed by atoms with Gasteiger partial charge in [0.2, 0.25) is 5.91 Å². The Kier molecular flexibility index (Phi) is 8.64. The number of methoxy groups -OCH3 is 2. The molecule has 0 aromatic heterocycles. The zero-order valence-corrected chi connectivity index (χ0v) is 25.1. The summed E-state index contributed by atoms with van der Waals surface area (Å²) in [6.07, 6.45) is 0.0381. The highest BCUT2D eigenvalue weighted by Gasteiger charge is 2.44. The number of aliphatic hydroxyl groups is 1. The number of rotatable bonds is 10. The van der Waals surface area contributed by atoms with Crippen molar-refractivity contribution in [2.45, 2.75) is 30.6 Å². The third kappa shape index (κ3) is 5.66. The zero-order valence-electron chi connectivity index (χ0n) is 25.1. The molecule has 6 nitrogen and oxygen atoms in total. The number of amides is 1. The van der Waals surface area contributed by atoms with Crippen molar-refractivity contribution in [2.75, 3.05) is 27.4 Å². The molecule has 44 heavy (non-hydrogen) atoms. The Balaban J connectivity index is 1.38. The fourth-order valence-electron chi connectivity index (χ4n) is 6.44. The summed E-state index contributed by atoms with van der Waals surface area (Å²) in [5, 5.41) is 13.0. The Morgan fingerprint density at radius 2 is 1.36 bits per heavy atom. The second-order valence-electron chi connectivity index (χ2n) is 11.2. The van der Waals surface area contributed by atoms with Gasteiger partial charge in [-0.1, -0.05) is 109 Å². The number of carbonyl (C=O) groups is 1. The summed E-state index contributed by atoms with van der Waals surface area (Å²) in [6, 6.07) is 39.6. The van der Waals surface area contributed by atoms with E-state index in [1.807, 2.05) is 103 Å². The van der Waals surface area contributed by atoms with E-state index in [0.717, 1.165) is 33.0 Å². The quantitative estimate of drug-likeness (QED) is 0.192. The molecule has 1 N–H and O–H groups in total. The molecule has 2 atom stereocenters. The standard InChI is InChI=1S/C38H37NO5/c1-42-35-18-10-8-16-33(35)38(30-14-4-3-5-15-30,34-17-9-11-19-36(34)43-2)44-26-31-24-32(40)25-39(31)37(41)23-27-20-21-28-12-6-7-13-29(28)22-27/h3-22,31-32,40H,23-26H2,1-2H3. The highest BCUT2D eigenvalue weighted by Crippen LogP contribution is 2.47. The molecule has 0 aliphatic carbocycles.